The fourth-order valence-corrected chi connectivity index (χ4v) is 3.86. The summed E-state index contributed by atoms with van der Waals surface area (Å²) in [5, 5.41) is 5.23. The molecule has 0 fully saturated rings. The molecule has 12 heteroatoms. The number of pyridine rings is 1. The molecule has 3 rings (SSSR count). The highest BCUT2D eigenvalue weighted by molar-refractivity contribution is 7.89. The Morgan fingerprint density at radius 1 is 1.00 bits per heavy atom. The first-order valence-corrected chi connectivity index (χ1v) is 10.8. The smallest absolute Gasteiger partial charge is 0.307 e. The lowest BCUT2D eigenvalue weighted by Gasteiger charge is -2.15. The highest BCUT2D eigenvalue weighted by Gasteiger charge is 2.30. The van der Waals surface area contributed by atoms with E-state index in [9.17, 15) is 26.4 Å². The molecule has 3 aromatic rings. The van der Waals surface area contributed by atoms with Gasteiger partial charge in [-0.3, -0.25) is 4.98 Å². The third-order valence-corrected chi connectivity index (χ3v) is 5.84. The molecular weight excluding hydrogens is 469 g/mol. The van der Waals surface area contributed by atoms with Gasteiger partial charge in [0, 0.05) is 11.8 Å². The van der Waals surface area contributed by atoms with Gasteiger partial charge < -0.3 is 10.6 Å². The highest BCUT2D eigenvalue weighted by atomic mass is 35.5. The standard InChI is InChI=1S/C20H16ClF3N4O3S/c21-16-8-9-25-11-18(16)28-19(29)27-17-10-14(32(30,31)26-12-20(22,23)24)6-7-15(17)13-4-2-1-3-5-13/h1-11,26H,12H2,(H2,27,28,29). The maximum atomic E-state index is 12.5. The first kappa shape index (κ1) is 23.5. The van der Waals surface area contributed by atoms with E-state index in [-0.39, 0.29) is 16.4 Å². The Morgan fingerprint density at radius 3 is 2.34 bits per heavy atom. The van der Waals surface area contributed by atoms with Gasteiger partial charge in [-0.2, -0.15) is 13.2 Å². The summed E-state index contributed by atoms with van der Waals surface area (Å²) >= 11 is 5.99. The number of amides is 2. The number of carbonyl (C=O) groups is 1. The minimum Gasteiger partial charge on any atom is -0.307 e. The second kappa shape index (κ2) is 9.55. The van der Waals surface area contributed by atoms with Crippen LogP contribution in [0.15, 0.2) is 71.9 Å². The molecule has 2 aromatic carbocycles. The van der Waals surface area contributed by atoms with Crippen LogP contribution in [0.1, 0.15) is 0 Å². The van der Waals surface area contributed by atoms with Gasteiger partial charge in [0.2, 0.25) is 10.0 Å². The van der Waals surface area contributed by atoms with Crippen molar-refractivity contribution < 1.29 is 26.4 Å². The Balaban J connectivity index is 1.94. The van der Waals surface area contributed by atoms with Crippen molar-refractivity contribution in [1.82, 2.24) is 9.71 Å². The zero-order valence-corrected chi connectivity index (χ0v) is 17.7. The number of benzene rings is 2. The van der Waals surface area contributed by atoms with Crippen LogP contribution in [-0.4, -0.2) is 32.2 Å². The number of hydrogen-bond donors (Lipinski definition) is 3. The molecule has 0 atom stereocenters. The Hall–Kier alpha value is -3.15. The van der Waals surface area contributed by atoms with Crippen molar-refractivity contribution >= 4 is 39.0 Å². The molecule has 0 aliphatic rings. The molecular formula is C20H16ClF3N4O3S. The average molecular weight is 485 g/mol. The van der Waals surface area contributed by atoms with Crippen LogP contribution >= 0.6 is 11.6 Å². The predicted octanol–water partition coefficient (Wildman–Crippen LogP) is 4.89. The number of alkyl halides is 3. The fraction of sp³-hybridized carbons (Fsp3) is 0.100. The van der Waals surface area contributed by atoms with Gasteiger partial charge in [0.1, 0.15) is 6.54 Å². The molecule has 2 amide bonds. The van der Waals surface area contributed by atoms with Crippen LogP contribution in [0.3, 0.4) is 0 Å². The van der Waals surface area contributed by atoms with Crippen LogP contribution < -0.4 is 15.4 Å². The zero-order valence-electron chi connectivity index (χ0n) is 16.2. The third kappa shape index (κ3) is 6.19. The summed E-state index contributed by atoms with van der Waals surface area (Å²) in [7, 11) is -4.49. The number of aromatic nitrogens is 1. The summed E-state index contributed by atoms with van der Waals surface area (Å²) in [4.78, 5) is 15.9. The molecule has 7 nitrogen and oxygen atoms in total. The first-order chi connectivity index (χ1) is 15.0. The van der Waals surface area contributed by atoms with Gasteiger partial charge in [0.15, 0.2) is 0 Å². The third-order valence-electron chi connectivity index (χ3n) is 4.11. The van der Waals surface area contributed by atoms with Gasteiger partial charge in [0.25, 0.3) is 0 Å². The predicted molar refractivity (Wildman–Crippen MR) is 115 cm³/mol. The summed E-state index contributed by atoms with van der Waals surface area (Å²) in [6, 6.07) is 13.0. The number of nitrogens with zero attached hydrogens (tertiary/aromatic N) is 1. The number of sulfonamides is 1. The van der Waals surface area contributed by atoms with Gasteiger partial charge in [0.05, 0.1) is 27.5 Å². The Labute approximate surface area is 186 Å². The summed E-state index contributed by atoms with van der Waals surface area (Å²) < 4.78 is 63.6. The summed E-state index contributed by atoms with van der Waals surface area (Å²) in [6.07, 6.45) is -1.97. The number of nitrogens with one attached hydrogen (secondary N) is 3. The topological polar surface area (TPSA) is 100 Å². The van der Waals surface area contributed by atoms with Gasteiger partial charge in [-0.15, -0.1) is 0 Å². The number of rotatable bonds is 6. The normalized spacial score (nSPS) is 11.8. The van der Waals surface area contributed by atoms with E-state index in [4.69, 9.17) is 11.6 Å². The van der Waals surface area contributed by atoms with E-state index >= 15 is 0 Å². The summed E-state index contributed by atoms with van der Waals surface area (Å²) in [6.45, 7) is -1.72. The van der Waals surface area contributed by atoms with Gasteiger partial charge in [-0.25, -0.2) is 17.9 Å². The molecule has 0 aliphatic heterocycles. The number of anilines is 2. The minimum absolute atomic E-state index is 0.0589. The van der Waals surface area contributed by atoms with Crippen molar-refractivity contribution in [3.8, 4) is 11.1 Å². The number of carbonyl (C=O) groups excluding carboxylic acids is 1. The lowest BCUT2D eigenvalue weighted by Crippen LogP contribution is -2.33. The Bertz CT molecular complexity index is 1220. The van der Waals surface area contributed by atoms with Crippen LogP contribution in [0.5, 0.6) is 0 Å². The monoisotopic (exact) mass is 484 g/mol. The van der Waals surface area contributed by atoms with E-state index in [1.165, 1.54) is 29.2 Å². The maximum Gasteiger partial charge on any atom is 0.402 e. The number of urea groups is 1. The lowest BCUT2D eigenvalue weighted by molar-refractivity contribution is -0.121. The first-order valence-electron chi connectivity index (χ1n) is 8.98. The van der Waals surface area contributed by atoms with Crippen LogP contribution in [0.4, 0.5) is 29.3 Å². The van der Waals surface area contributed by atoms with E-state index in [0.29, 0.717) is 11.1 Å². The van der Waals surface area contributed by atoms with E-state index in [2.05, 4.69) is 15.6 Å². The molecule has 1 aromatic heterocycles. The quantitative estimate of drug-likeness (QED) is 0.464. The molecule has 0 unspecified atom stereocenters. The average Bonchev–Trinajstić information content (AvgIpc) is 2.74. The highest BCUT2D eigenvalue weighted by Crippen LogP contribution is 2.31. The molecule has 0 bridgehead atoms. The minimum atomic E-state index is -4.72. The zero-order chi connectivity index (χ0) is 23.4. The van der Waals surface area contributed by atoms with Crippen molar-refractivity contribution in [2.24, 2.45) is 0 Å². The second-order valence-electron chi connectivity index (χ2n) is 6.45. The molecule has 0 radical (unpaired) electrons. The van der Waals surface area contributed by atoms with Crippen LogP contribution in [0.25, 0.3) is 11.1 Å². The fourth-order valence-electron chi connectivity index (χ4n) is 2.67. The molecule has 32 heavy (non-hydrogen) atoms. The van der Waals surface area contributed by atoms with Crippen molar-refractivity contribution in [2.75, 3.05) is 17.2 Å². The molecule has 1 heterocycles. The summed E-state index contributed by atoms with van der Waals surface area (Å²) in [5.74, 6) is 0. The second-order valence-corrected chi connectivity index (χ2v) is 8.62. The number of halogens is 4. The number of hydrogen-bond acceptors (Lipinski definition) is 4. The van der Waals surface area contributed by atoms with Crippen molar-refractivity contribution in [2.45, 2.75) is 11.1 Å². The van der Waals surface area contributed by atoms with Crippen LogP contribution in [0.2, 0.25) is 5.02 Å². The van der Waals surface area contributed by atoms with E-state index in [0.717, 1.165) is 12.1 Å². The van der Waals surface area contributed by atoms with E-state index < -0.39 is 33.7 Å². The Kier molecular flexibility index (Phi) is 7.02. The van der Waals surface area contributed by atoms with E-state index in [1.807, 2.05) is 0 Å². The van der Waals surface area contributed by atoms with E-state index in [1.54, 1.807) is 30.3 Å². The molecule has 0 aliphatic carbocycles. The van der Waals surface area contributed by atoms with Crippen molar-refractivity contribution in [3.05, 3.63) is 72.0 Å². The molecule has 0 spiro atoms. The molecule has 0 saturated carbocycles. The van der Waals surface area contributed by atoms with Crippen LogP contribution in [-0.2, 0) is 10.0 Å². The largest absolute Gasteiger partial charge is 0.402 e. The maximum absolute atomic E-state index is 12.5. The summed E-state index contributed by atoms with van der Waals surface area (Å²) in [5.41, 5.74) is 1.37. The van der Waals surface area contributed by atoms with Gasteiger partial charge in [-0.05, 0) is 23.8 Å². The molecule has 3 N–H and O–H groups in total. The van der Waals surface area contributed by atoms with Gasteiger partial charge in [-0.1, -0.05) is 48.0 Å². The lowest BCUT2D eigenvalue weighted by atomic mass is 10.0. The molecule has 168 valence electrons. The molecule has 0 saturated heterocycles. The van der Waals surface area contributed by atoms with Gasteiger partial charge >= 0.3 is 12.2 Å². The van der Waals surface area contributed by atoms with Crippen LogP contribution in [0, 0.1) is 0 Å². The van der Waals surface area contributed by atoms with Crippen molar-refractivity contribution in [1.29, 1.82) is 0 Å². The Morgan fingerprint density at radius 2 is 1.69 bits per heavy atom. The van der Waals surface area contributed by atoms with Crippen molar-refractivity contribution in [3.63, 3.8) is 0 Å². The SMILES string of the molecule is O=C(Nc1cnccc1Cl)Nc1cc(S(=O)(=O)NCC(F)(F)F)ccc1-c1ccccc1.